The van der Waals surface area contributed by atoms with Crippen LogP contribution in [0.4, 0.5) is 0 Å². The van der Waals surface area contributed by atoms with Gasteiger partial charge in [0.15, 0.2) is 0 Å². The monoisotopic (exact) mass is 282 g/mol. The van der Waals surface area contributed by atoms with E-state index in [-0.39, 0.29) is 17.9 Å². The van der Waals surface area contributed by atoms with E-state index in [1.165, 1.54) is 38.6 Å². The minimum Gasteiger partial charge on any atom is -0.396 e. The van der Waals surface area contributed by atoms with Gasteiger partial charge < -0.3 is 15.3 Å². The third-order valence-electron chi connectivity index (χ3n) is 5.29. The van der Waals surface area contributed by atoms with E-state index >= 15 is 0 Å². The minimum atomic E-state index is -0.0305. The Hall–Kier alpha value is -0.610. The molecule has 0 aromatic carbocycles. The Morgan fingerprint density at radius 3 is 2.70 bits per heavy atom. The van der Waals surface area contributed by atoms with Gasteiger partial charge in [-0.3, -0.25) is 4.79 Å². The summed E-state index contributed by atoms with van der Waals surface area (Å²) in [6.07, 6.45) is 9.87. The van der Waals surface area contributed by atoms with Crippen molar-refractivity contribution in [2.75, 3.05) is 26.7 Å². The molecule has 1 amide bonds. The lowest BCUT2D eigenvalue weighted by atomic mass is 9.87. The number of piperidine rings is 1. The van der Waals surface area contributed by atoms with Gasteiger partial charge in [0.2, 0.25) is 5.91 Å². The molecule has 0 radical (unpaired) electrons. The van der Waals surface area contributed by atoms with Crippen LogP contribution in [0.1, 0.15) is 57.8 Å². The molecular formula is C16H30N2O2. The predicted molar refractivity (Wildman–Crippen MR) is 80.5 cm³/mol. The summed E-state index contributed by atoms with van der Waals surface area (Å²) in [6.45, 7) is 2.03. The molecule has 116 valence electrons. The molecule has 0 bridgehead atoms. The van der Waals surface area contributed by atoms with E-state index in [4.69, 9.17) is 0 Å². The van der Waals surface area contributed by atoms with Crippen LogP contribution in [0, 0.1) is 5.41 Å². The zero-order chi connectivity index (χ0) is 14.4. The van der Waals surface area contributed by atoms with E-state index in [1.807, 2.05) is 0 Å². The first-order valence-electron chi connectivity index (χ1n) is 8.23. The van der Waals surface area contributed by atoms with Crippen LogP contribution in [0.2, 0.25) is 0 Å². The summed E-state index contributed by atoms with van der Waals surface area (Å²) in [5.41, 5.74) is -0.0305. The number of carbonyl (C=O) groups is 1. The number of carbonyl (C=O) groups excluding carboxylic acids is 1. The first-order valence-corrected chi connectivity index (χ1v) is 8.23. The van der Waals surface area contributed by atoms with Crippen LogP contribution in [0.15, 0.2) is 0 Å². The average molecular weight is 282 g/mol. The summed E-state index contributed by atoms with van der Waals surface area (Å²) in [5.74, 6) is 0.156. The van der Waals surface area contributed by atoms with Crippen molar-refractivity contribution in [2.45, 2.75) is 63.8 Å². The van der Waals surface area contributed by atoms with Crippen LogP contribution in [0.25, 0.3) is 0 Å². The van der Waals surface area contributed by atoms with Gasteiger partial charge in [0.25, 0.3) is 0 Å². The van der Waals surface area contributed by atoms with E-state index in [1.54, 1.807) is 0 Å². The van der Waals surface area contributed by atoms with Gasteiger partial charge in [-0.1, -0.05) is 19.3 Å². The van der Waals surface area contributed by atoms with Crippen LogP contribution >= 0.6 is 0 Å². The second kappa shape index (κ2) is 7.41. The van der Waals surface area contributed by atoms with E-state index in [2.05, 4.69) is 17.3 Å². The normalized spacial score (nSPS) is 26.6. The summed E-state index contributed by atoms with van der Waals surface area (Å²) in [7, 11) is 2.17. The van der Waals surface area contributed by atoms with E-state index < -0.39 is 0 Å². The molecule has 2 fully saturated rings. The number of hydrogen-bond donors (Lipinski definition) is 2. The molecule has 1 aliphatic carbocycles. The molecule has 1 saturated heterocycles. The lowest BCUT2D eigenvalue weighted by molar-refractivity contribution is -0.122. The summed E-state index contributed by atoms with van der Waals surface area (Å²) >= 11 is 0. The van der Waals surface area contributed by atoms with Crippen molar-refractivity contribution in [1.82, 2.24) is 10.2 Å². The first kappa shape index (κ1) is 15.8. The zero-order valence-electron chi connectivity index (χ0n) is 12.9. The minimum absolute atomic E-state index is 0.0305. The molecular weight excluding hydrogens is 252 g/mol. The molecule has 1 saturated carbocycles. The summed E-state index contributed by atoms with van der Waals surface area (Å²) in [6, 6.07) is 0.577. The molecule has 2 N–H and O–H groups in total. The average Bonchev–Trinajstić information content (AvgIpc) is 2.94. The van der Waals surface area contributed by atoms with Gasteiger partial charge in [-0.25, -0.2) is 0 Å². The Kier molecular flexibility index (Phi) is 5.85. The Balaban J connectivity index is 1.67. The van der Waals surface area contributed by atoms with E-state index in [0.717, 1.165) is 19.3 Å². The van der Waals surface area contributed by atoms with Crippen molar-refractivity contribution in [2.24, 2.45) is 5.41 Å². The molecule has 20 heavy (non-hydrogen) atoms. The topological polar surface area (TPSA) is 52.6 Å². The fraction of sp³-hybridized carbons (Fsp3) is 0.938. The van der Waals surface area contributed by atoms with Crippen LogP contribution < -0.4 is 5.32 Å². The molecule has 1 atom stereocenters. The van der Waals surface area contributed by atoms with Crippen molar-refractivity contribution in [3.8, 4) is 0 Å². The number of aliphatic hydroxyl groups excluding tert-OH is 1. The third-order valence-corrected chi connectivity index (χ3v) is 5.29. The Labute approximate surface area is 122 Å². The van der Waals surface area contributed by atoms with Crippen LogP contribution in [0.3, 0.4) is 0 Å². The van der Waals surface area contributed by atoms with Gasteiger partial charge in [-0.05, 0) is 45.7 Å². The molecule has 4 heteroatoms. The molecule has 0 unspecified atom stereocenters. The molecule has 1 heterocycles. The summed E-state index contributed by atoms with van der Waals surface area (Å²) < 4.78 is 0. The standard InChI is InChI=1S/C16H30N2O2/c1-18-11-5-2-6-14(18)7-8-15(20)17-12-16(13-19)9-3-4-10-16/h14,19H,2-13H2,1H3,(H,17,20)/t14-/m1/s1. The number of nitrogens with one attached hydrogen (secondary N) is 1. The van der Waals surface area contributed by atoms with Gasteiger partial charge in [0, 0.05) is 24.4 Å². The van der Waals surface area contributed by atoms with E-state index in [9.17, 15) is 9.90 Å². The Morgan fingerprint density at radius 1 is 1.30 bits per heavy atom. The SMILES string of the molecule is CN1CCCC[C@@H]1CCC(=O)NCC1(CO)CCCC1. The van der Waals surface area contributed by atoms with Gasteiger partial charge in [-0.15, -0.1) is 0 Å². The molecule has 2 aliphatic rings. The highest BCUT2D eigenvalue weighted by Gasteiger charge is 2.33. The van der Waals surface area contributed by atoms with Gasteiger partial charge in [0.05, 0.1) is 6.61 Å². The third kappa shape index (κ3) is 4.19. The summed E-state index contributed by atoms with van der Waals surface area (Å²) in [4.78, 5) is 14.4. The molecule has 2 rings (SSSR count). The predicted octanol–water partition coefficient (Wildman–Crippen LogP) is 1.92. The van der Waals surface area contributed by atoms with Crippen molar-refractivity contribution >= 4 is 5.91 Å². The number of likely N-dealkylation sites (tertiary alicyclic amines) is 1. The Bertz CT molecular complexity index is 314. The van der Waals surface area contributed by atoms with Gasteiger partial charge in [0.1, 0.15) is 0 Å². The quantitative estimate of drug-likeness (QED) is 0.782. The van der Waals surface area contributed by atoms with Gasteiger partial charge in [-0.2, -0.15) is 0 Å². The molecule has 0 aromatic rings. The van der Waals surface area contributed by atoms with Crippen molar-refractivity contribution < 1.29 is 9.90 Å². The second-order valence-corrected chi connectivity index (χ2v) is 6.81. The molecule has 0 spiro atoms. The Morgan fingerprint density at radius 2 is 2.05 bits per heavy atom. The van der Waals surface area contributed by atoms with Crippen LogP contribution in [-0.2, 0) is 4.79 Å². The van der Waals surface area contributed by atoms with Crippen LogP contribution in [-0.4, -0.2) is 48.7 Å². The number of nitrogens with zero attached hydrogens (tertiary/aromatic N) is 1. The molecule has 4 nitrogen and oxygen atoms in total. The van der Waals surface area contributed by atoms with Crippen molar-refractivity contribution in [3.63, 3.8) is 0 Å². The number of aliphatic hydroxyl groups is 1. The fourth-order valence-electron chi connectivity index (χ4n) is 3.70. The second-order valence-electron chi connectivity index (χ2n) is 6.81. The maximum Gasteiger partial charge on any atom is 0.220 e. The zero-order valence-corrected chi connectivity index (χ0v) is 12.9. The lowest BCUT2D eigenvalue weighted by Gasteiger charge is -2.32. The molecule has 0 aromatic heterocycles. The largest absolute Gasteiger partial charge is 0.396 e. The molecule has 1 aliphatic heterocycles. The van der Waals surface area contributed by atoms with Crippen molar-refractivity contribution in [3.05, 3.63) is 0 Å². The number of amides is 1. The highest BCUT2D eigenvalue weighted by molar-refractivity contribution is 5.75. The highest BCUT2D eigenvalue weighted by Crippen LogP contribution is 2.36. The number of hydrogen-bond acceptors (Lipinski definition) is 3. The smallest absolute Gasteiger partial charge is 0.220 e. The lowest BCUT2D eigenvalue weighted by Crippen LogP contribution is -2.40. The maximum absolute atomic E-state index is 12.0. The van der Waals surface area contributed by atoms with Gasteiger partial charge >= 0.3 is 0 Å². The van der Waals surface area contributed by atoms with E-state index in [0.29, 0.717) is 19.0 Å². The highest BCUT2D eigenvalue weighted by atomic mass is 16.3. The first-order chi connectivity index (χ1) is 9.65. The maximum atomic E-state index is 12.0. The fourth-order valence-corrected chi connectivity index (χ4v) is 3.70. The van der Waals surface area contributed by atoms with Crippen LogP contribution in [0.5, 0.6) is 0 Å². The summed E-state index contributed by atoms with van der Waals surface area (Å²) in [5, 5.41) is 12.6. The van der Waals surface area contributed by atoms with Crippen molar-refractivity contribution in [1.29, 1.82) is 0 Å². The number of rotatable bonds is 6.